The van der Waals surface area contributed by atoms with Crippen LogP contribution in [0, 0.1) is 23.5 Å². The molecule has 0 fully saturated rings. The smallest absolute Gasteiger partial charge is 0.267 e. The summed E-state index contributed by atoms with van der Waals surface area (Å²) in [6.45, 7) is 0. The van der Waals surface area contributed by atoms with Crippen molar-refractivity contribution in [1.82, 2.24) is 19.9 Å². The second-order valence-electron chi connectivity index (χ2n) is 7.04. The average molecular weight is 529 g/mol. The first kappa shape index (κ1) is 24.8. The van der Waals surface area contributed by atoms with Crippen molar-refractivity contribution in [3.05, 3.63) is 82.9 Å². The molecule has 0 unspecified atom stereocenters. The highest BCUT2D eigenvalue weighted by molar-refractivity contribution is 7.92. The number of benzene rings is 1. The molecule has 3 heterocycles. The van der Waals surface area contributed by atoms with Crippen LogP contribution >= 0.6 is 11.6 Å². The molecule has 9 nitrogen and oxygen atoms in total. The lowest BCUT2D eigenvalue weighted by Crippen LogP contribution is -2.15. The fourth-order valence-electron chi connectivity index (χ4n) is 3.04. The summed E-state index contributed by atoms with van der Waals surface area (Å²) in [7, 11) is -3.04. The lowest BCUT2D eigenvalue weighted by atomic mass is 10.1. The Balaban J connectivity index is 1.77. The minimum absolute atomic E-state index is 0.0225. The maximum atomic E-state index is 15.4. The number of nitrogens with zero attached hydrogens (tertiary/aromatic N) is 4. The van der Waals surface area contributed by atoms with Crippen LogP contribution in [0.1, 0.15) is 11.1 Å². The Labute approximate surface area is 209 Å². The van der Waals surface area contributed by atoms with Crippen LogP contribution in [-0.4, -0.2) is 35.5 Å². The molecule has 0 saturated heterocycles. The van der Waals surface area contributed by atoms with Crippen LogP contribution in [-0.2, 0) is 10.0 Å². The van der Waals surface area contributed by atoms with Gasteiger partial charge in [0.05, 0.1) is 29.6 Å². The number of ether oxygens (including phenoxy) is 1. The van der Waals surface area contributed by atoms with Gasteiger partial charge in [-0.3, -0.25) is 4.72 Å². The number of pyridine rings is 2. The van der Waals surface area contributed by atoms with Crippen molar-refractivity contribution in [3.8, 4) is 29.0 Å². The molecule has 0 spiro atoms. The number of aromatic nitrogens is 4. The van der Waals surface area contributed by atoms with Crippen LogP contribution in [0.3, 0.4) is 0 Å². The van der Waals surface area contributed by atoms with Crippen molar-refractivity contribution in [1.29, 1.82) is 0 Å². The van der Waals surface area contributed by atoms with Crippen LogP contribution < -0.4 is 15.2 Å². The van der Waals surface area contributed by atoms with Gasteiger partial charge in [0.1, 0.15) is 11.3 Å². The van der Waals surface area contributed by atoms with Gasteiger partial charge in [0, 0.05) is 24.2 Å². The summed E-state index contributed by atoms with van der Waals surface area (Å²) in [5.74, 6) is 2.69. The molecule has 3 aromatic heterocycles. The molecular formula is C23H15ClF2N6O3S. The largest absolute Gasteiger partial charge is 0.480 e. The molecule has 36 heavy (non-hydrogen) atoms. The van der Waals surface area contributed by atoms with Crippen LogP contribution in [0.25, 0.3) is 11.3 Å². The van der Waals surface area contributed by atoms with E-state index in [4.69, 9.17) is 22.1 Å². The van der Waals surface area contributed by atoms with E-state index >= 15 is 4.39 Å². The average Bonchev–Trinajstić information content (AvgIpc) is 2.85. The standard InChI is InChI=1S/C23H15ClF2N6O3S/c1-35-22-19(8-14(24)11-29-22)36(33,34)32-18-5-3-2-4-16(18)21-20(26)15(17(25)12-28-21)7-6-13-9-30-23(27)31-10-13/h2-5,8-12,32H,1H3,(H2,27,30,31). The van der Waals surface area contributed by atoms with Gasteiger partial charge in [-0.05, 0) is 12.1 Å². The van der Waals surface area contributed by atoms with E-state index in [9.17, 15) is 12.8 Å². The van der Waals surface area contributed by atoms with E-state index in [1.807, 2.05) is 0 Å². The molecule has 0 aliphatic rings. The van der Waals surface area contributed by atoms with Crippen LogP contribution in [0.4, 0.5) is 20.4 Å². The topological polar surface area (TPSA) is 133 Å². The monoisotopic (exact) mass is 528 g/mol. The molecule has 0 atom stereocenters. The number of anilines is 2. The molecule has 0 aliphatic heterocycles. The van der Waals surface area contributed by atoms with Gasteiger partial charge in [0.2, 0.25) is 11.8 Å². The third kappa shape index (κ3) is 5.17. The first-order chi connectivity index (χ1) is 17.2. The summed E-state index contributed by atoms with van der Waals surface area (Å²) in [5, 5.41) is 0.0606. The first-order valence-corrected chi connectivity index (χ1v) is 11.8. The molecule has 0 radical (unpaired) electrons. The normalized spacial score (nSPS) is 10.9. The molecule has 0 bridgehead atoms. The zero-order valence-electron chi connectivity index (χ0n) is 18.3. The van der Waals surface area contributed by atoms with E-state index in [0.717, 1.165) is 12.3 Å². The number of nitrogen functional groups attached to an aromatic ring is 1. The summed E-state index contributed by atoms with van der Waals surface area (Å²) in [6.07, 6.45) is 4.62. The van der Waals surface area contributed by atoms with Crippen molar-refractivity contribution in [2.24, 2.45) is 0 Å². The molecular weight excluding hydrogens is 514 g/mol. The second kappa shape index (κ2) is 10.1. The number of nitrogens with two attached hydrogens (primary N) is 1. The van der Waals surface area contributed by atoms with Gasteiger partial charge in [-0.25, -0.2) is 37.1 Å². The lowest BCUT2D eigenvalue weighted by molar-refractivity contribution is 0.385. The Hall–Kier alpha value is -4.34. The van der Waals surface area contributed by atoms with Crippen molar-refractivity contribution in [3.63, 3.8) is 0 Å². The van der Waals surface area contributed by atoms with E-state index in [1.165, 1.54) is 50.0 Å². The van der Waals surface area contributed by atoms with Gasteiger partial charge in [0.15, 0.2) is 16.5 Å². The number of hydrogen-bond acceptors (Lipinski definition) is 8. The molecule has 3 N–H and O–H groups in total. The number of hydrogen-bond donors (Lipinski definition) is 2. The number of nitrogens with one attached hydrogen (secondary N) is 1. The molecule has 4 rings (SSSR count). The Morgan fingerprint density at radius 3 is 2.47 bits per heavy atom. The molecule has 13 heteroatoms. The highest BCUT2D eigenvalue weighted by Gasteiger charge is 2.24. The van der Waals surface area contributed by atoms with Gasteiger partial charge in [-0.15, -0.1) is 0 Å². The number of rotatable bonds is 5. The summed E-state index contributed by atoms with van der Waals surface area (Å²) in [5.41, 5.74) is 4.79. The lowest BCUT2D eigenvalue weighted by Gasteiger charge is -2.14. The zero-order valence-corrected chi connectivity index (χ0v) is 19.9. The van der Waals surface area contributed by atoms with Crippen LogP contribution in [0.2, 0.25) is 5.02 Å². The Morgan fingerprint density at radius 2 is 1.75 bits per heavy atom. The summed E-state index contributed by atoms with van der Waals surface area (Å²) >= 11 is 5.91. The highest BCUT2D eigenvalue weighted by atomic mass is 35.5. The van der Waals surface area contributed by atoms with Crippen LogP contribution in [0.5, 0.6) is 5.88 Å². The van der Waals surface area contributed by atoms with Crippen molar-refractivity contribution in [2.75, 3.05) is 17.6 Å². The van der Waals surface area contributed by atoms with Gasteiger partial charge in [-0.2, -0.15) is 0 Å². The summed E-state index contributed by atoms with van der Waals surface area (Å²) in [6, 6.07) is 7.02. The minimum atomic E-state index is -4.29. The summed E-state index contributed by atoms with van der Waals surface area (Å²) in [4.78, 5) is 14.9. The number of para-hydroxylation sites is 1. The maximum Gasteiger partial charge on any atom is 0.267 e. The van der Waals surface area contributed by atoms with Crippen molar-refractivity contribution < 1.29 is 21.9 Å². The molecule has 1 aromatic carbocycles. The molecule has 4 aromatic rings. The van der Waals surface area contributed by atoms with Crippen molar-refractivity contribution >= 4 is 33.3 Å². The zero-order chi connectivity index (χ0) is 25.9. The second-order valence-corrected chi connectivity index (χ2v) is 9.12. The Morgan fingerprint density at radius 1 is 1.03 bits per heavy atom. The maximum absolute atomic E-state index is 15.4. The minimum Gasteiger partial charge on any atom is -0.480 e. The quantitative estimate of drug-likeness (QED) is 0.375. The molecule has 0 saturated carbocycles. The van der Waals surface area contributed by atoms with Gasteiger partial charge < -0.3 is 10.5 Å². The Bertz CT molecular complexity index is 1620. The molecule has 182 valence electrons. The highest BCUT2D eigenvalue weighted by Crippen LogP contribution is 2.33. The Kier molecular flexibility index (Phi) is 6.96. The third-order valence-corrected chi connectivity index (χ3v) is 6.24. The molecule has 0 amide bonds. The third-order valence-electron chi connectivity index (χ3n) is 4.67. The number of methoxy groups -OCH3 is 1. The van der Waals surface area contributed by atoms with E-state index in [0.29, 0.717) is 0 Å². The van der Waals surface area contributed by atoms with Crippen molar-refractivity contribution in [2.45, 2.75) is 4.90 Å². The SMILES string of the molecule is COc1ncc(Cl)cc1S(=O)(=O)Nc1ccccc1-c1ncc(F)c(C#Cc2cnc(N)nc2)c1F. The van der Waals surface area contributed by atoms with E-state index < -0.39 is 27.2 Å². The van der Waals surface area contributed by atoms with E-state index in [-0.39, 0.29) is 44.3 Å². The summed E-state index contributed by atoms with van der Waals surface area (Å²) < 4.78 is 63.4. The van der Waals surface area contributed by atoms with E-state index in [2.05, 4.69) is 36.5 Å². The molecule has 0 aliphatic carbocycles. The number of sulfonamides is 1. The van der Waals surface area contributed by atoms with Gasteiger partial charge >= 0.3 is 0 Å². The predicted molar refractivity (Wildman–Crippen MR) is 129 cm³/mol. The van der Waals surface area contributed by atoms with Crippen LogP contribution in [0.15, 0.2) is 60.0 Å². The fraction of sp³-hybridized carbons (Fsp3) is 0.0435. The van der Waals surface area contributed by atoms with E-state index in [1.54, 1.807) is 0 Å². The number of halogens is 3. The predicted octanol–water partition coefficient (Wildman–Crippen LogP) is 3.66. The van der Waals surface area contributed by atoms with Gasteiger partial charge in [-0.1, -0.05) is 41.6 Å². The first-order valence-electron chi connectivity index (χ1n) is 9.95. The fourth-order valence-corrected chi connectivity index (χ4v) is 4.49. The van der Waals surface area contributed by atoms with Gasteiger partial charge in [0.25, 0.3) is 10.0 Å².